The highest BCUT2D eigenvalue weighted by atomic mass is 32.1. The third kappa shape index (κ3) is 3.79. The minimum Gasteiger partial charge on any atom is -0.309 e. The monoisotopic (exact) mass is 381 g/mol. The molecule has 0 saturated carbocycles. The summed E-state index contributed by atoms with van der Waals surface area (Å²) in [7, 11) is 4.03. The van der Waals surface area contributed by atoms with E-state index in [9.17, 15) is 4.79 Å². The molecule has 1 aliphatic carbocycles. The maximum absolute atomic E-state index is 12.2. The van der Waals surface area contributed by atoms with Crippen molar-refractivity contribution in [3.05, 3.63) is 47.8 Å². The number of carbonyl (C=O) groups is 1. The molecular weight excluding hydrogens is 358 g/mol. The van der Waals surface area contributed by atoms with E-state index in [2.05, 4.69) is 32.4 Å². The van der Waals surface area contributed by atoms with Gasteiger partial charge in [-0.2, -0.15) is 5.10 Å². The molecular formula is C20H23N5OS. The second-order valence-corrected chi connectivity index (χ2v) is 8.01. The van der Waals surface area contributed by atoms with Crippen LogP contribution in [0.2, 0.25) is 0 Å². The van der Waals surface area contributed by atoms with Crippen molar-refractivity contribution >= 4 is 22.4 Å². The highest BCUT2D eigenvalue weighted by molar-refractivity contribution is 7.19. The van der Waals surface area contributed by atoms with E-state index in [1.54, 1.807) is 11.3 Å². The van der Waals surface area contributed by atoms with E-state index < -0.39 is 0 Å². The van der Waals surface area contributed by atoms with E-state index in [0.29, 0.717) is 11.6 Å². The van der Waals surface area contributed by atoms with Crippen LogP contribution in [0.1, 0.15) is 24.1 Å². The number of amides is 1. The quantitative estimate of drug-likeness (QED) is 0.711. The number of thiazole rings is 1. The van der Waals surface area contributed by atoms with Crippen LogP contribution < -0.4 is 5.32 Å². The molecule has 4 rings (SSSR count). The molecule has 27 heavy (non-hydrogen) atoms. The molecule has 0 atom stereocenters. The topological polar surface area (TPSA) is 63.1 Å². The van der Waals surface area contributed by atoms with E-state index in [4.69, 9.17) is 0 Å². The number of fused-ring (bicyclic) bond motifs is 3. The van der Waals surface area contributed by atoms with E-state index in [1.165, 1.54) is 5.56 Å². The number of hydrogen-bond acceptors (Lipinski definition) is 5. The molecule has 1 amide bonds. The molecule has 0 saturated heterocycles. The zero-order valence-corrected chi connectivity index (χ0v) is 16.4. The summed E-state index contributed by atoms with van der Waals surface area (Å²) in [6.45, 7) is 0.904. The zero-order valence-electron chi connectivity index (χ0n) is 15.6. The Bertz CT molecular complexity index is 945. The number of carbonyl (C=O) groups excluding carboxylic acids is 1. The Morgan fingerprint density at radius 1 is 1.26 bits per heavy atom. The van der Waals surface area contributed by atoms with Crippen molar-refractivity contribution < 1.29 is 4.79 Å². The summed E-state index contributed by atoms with van der Waals surface area (Å²) in [5, 5.41) is 8.26. The van der Waals surface area contributed by atoms with Gasteiger partial charge in [-0.15, -0.1) is 0 Å². The fourth-order valence-electron chi connectivity index (χ4n) is 3.32. The molecule has 0 radical (unpaired) electrons. The largest absolute Gasteiger partial charge is 0.309 e. The summed E-state index contributed by atoms with van der Waals surface area (Å²) in [4.78, 5) is 20.1. The number of hydrogen-bond donors (Lipinski definition) is 1. The van der Waals surface area contributed by atoms with Gasteiger partial charge in [-0.25, -0.2) is 9.67 Å². The van der Waals surface area contributed by atoms with Crippen molar-refractivity contribution in [2.45, 2.75) is 25.7 Å². The van der Waals surface area contributed by atoms with Gasteiger partial charge in [-0.3, -0.25) is 4.79 Å². The molecule has 7 heteroatoms. The SMILES string of the molecule is CN(C)CCCC(=O)Nc1nc2c(s1)-c1c(cnn1-c1ccccc1)CC2. The van der Waals surface area contributed by atoms with Crippen molar-refractivity contribution in [1.82, 2.24) is 19.7 Å². The minimum absolute atomic E-state index is 0.0275. The maximum Gasteiger partial charge on any atom is 0.226 e. The van der Waals surface area contributed by atoms with E-state index in [0.717, 1.165) is 47.8 Å². The Hall–Kier alpha value is -2.51. The van der Waals surface area contributed by atoms with Crippen LogP contribution in [0, 0.1) is 0 Å². The van der Waals surface area contributed by atoms with Crippen LogP contribution >= 0.6 is 11.3 Å². The lowest BCUT2D eigenvalue weighted by Crippen LogP contribution is -2.17. The average Bonchev–Trinajstić information content (AvgIpc) is 3.25. The van der Waals surface area contributed by atoms with E-state index >= 15 is 0 Å². The van der Waals surface area contributed by atoms with Crippen LogP contribution in [0.5, 0.6) is 0 Å². The Kier molecular flexibility index (Phi) is 5.05. The van der Waals surface area contributed by atoms with Crippen LogP contribution in [-0.2, 0) is 17.6 Å². The third-order valence-electron chi connectivity index (χ3n) is 4.64. The molecule has 2 aromatic heterocycles. The summed E-state index contributed by atoms with van der Waals surface area (Å²) in [5.74, 6) is 0.0275. The van der Waals surface area contributed by atoms with Gasteiger partial charge in [0.25, 0.3) is 0 Å². The van der Waals surface area contributed by atoms with Crippen LogP contribution in [0.3, 0.4) is 0 Å². The molecule has 0 spiro atoms. The van der Waals surface area contributed by atoms with Crippen molar-refractivity contribution in [2.24, 2.45) is 0 Å². The second-order valence-electron chi connectivity index (χ2n) is 7.02. The van der Waals surface area contributed by atoms with Gasteiger partial charge in [0.1, 0.15) is 0 Å². The van der Waals surface area contributed by atoms with Crippen molar-refractivity contribution in [3.63, 3.8) is 0 Å². The number of aromatic nitrogens is 3. The summed E-state index contributed by atoms with van der Waals surface area (Å²) >= 11 is 1.55. The Morgan fingerprint density at radius 2 is 2.07 bits per heavy atom. The predicted molar refractivity (Wildman–Crippen MR) is 108 cm³/mol. The lowest BCUT2D eigenvalue weighted by Gasteiger charge is -2.13. The summed E-state index contributed by atoms with van der Waals surface area (Å²) in [6, 6.07) is 10.1. The van der Waals surface area contributed by atoms with Crippen molar-refractivity contribution in [2.75, 3.05) is 26.0 Å². The smallest absolute Gasteiger partial charge is 0.226 e. The first kappa shape index (κ1) is 17.9. The van der Waals surface area contributed by atoms with Crippen molar-refractivity contribution in [3.8, 4) is 16.3 Å². The molecule has 140 valence electrons. The minimum atomic E-state index is 0.0275. The van der Waals surface area contributed by atoms with Crippen LogP contribution in [0.25, 0.3) is 16.3 Å². The van der Waals surface area contributed by atoms with Gasteiger partial charge in [-0.1, -0.05) is 29.5 Å². The highest BCUT2D eigenvalue weighted by Gasteiger charge is 2.26. The molecule has 1 aliphatic rings. The number of aryl methyl sites for hydroxylation is 2. The lowest BCUT2D eigenvalue weighted by molar-refractivity contribution is -0.116. The number of rotatable bonds is 6. The number of benzene rings is 1. The van der Waals surface area contributed by atoms with E-state index in [-0.39, 0.29) is 5.91 Å². The summed E-state index contributed by atoms with van der Waals surface area (Å²) in [5.41, 5.74) is 4.43. The fraction of sp³-hybridized carbons (Fsp3) is 0.350. The van der Waals surface area contributed by atoms with Crippen LogP contribution in [0.4, 0.5) is 5.13 Å². The van der Waals surface area contributed by atoms with Gasteiger partial charge >= 0.3 is 0 Å². The summed E-state index contributed by atoms with van der Waals surface area (Å²) in [6.07, 6.45) is 5.11. The fourth-order valence-corrected chi connectivity index (χ4v) is 4.42. The first-order valence-electron chi connectivity index (χ1n) is 9.19. The Morgan fingerprint density at radius 3 is 2.85 bits per heavy atom. The molecule has 0 bridgehead atoms. The highest BCUT2D eigenvalue weighted by Crippen LogP contribution is 2.40. The van der Waals surface area contributed by atoms with Crippen molar-refractivity contribution in [1.29, 1.82) is 0 Å². The standard InChI is InChI=1S/C20H23N5OS/c1-24(2)12-6-9-17(26)23-20-22-16-11-10-14-13-21-25(18(14)19(16)27-20)15-7-4-3-5-8-15/h3-5,7-8,13H,6,9-12H2,1-2H3,(H,22,23,26). The Labute approximate surface area is 162 Å². The van der Waals surface area contributed by atoms with Crippen LogP contribution in [0.15, 0.2) is 36.5 Å². The average molecular weight is 382 g/mol. The van der Waals surface area contributed by atoms with Gasteiger partial charge in [0, 0.05) is 6.42 Å². The Balaban J connectivity index is 1.57. The molecule has 1 N–H and O–H groups in total. The first-order chi connectivity index (χ1) is 13.1. The molecule has 0 aliphatic heterocycles. The van der Waals surface area contributed by atoms with Gasteiger partial charge in [0.2, 0.25) is 5.91 Å². The number of nitrogens with zero attached hydrogens (tertiary/aromatic N) is 4. The first-order valence-corrected chi connectivity index (χ1v) is 10.0. The zero-order chi connectivity index (χ0) is 18.8. The predicted octanol–water partition coefficient (Wildman–Crippen LogP) is 3.37. The molecule has 3 aromatic rings. The van der Waals surface area contributed by atoms with Gasteiger partial charge in [-0.05, 0) is 57.6 Å². The van der Waals surface area contributed by atoms with Gasteiger partial charge in [0.05, 0.1) is 28.1 Å². The number of nitrogens with one attached hydrogen (secondary N) is 1. The second kappa shape index (κ2) is 7.62. The molecule has 0 unspecified atom stereocenters. The molecule has 0 fully saturated rings. The lowest BCUT2D eigenvalue weighted by atomic mass is 10.0. The van der Waals surface area contributed by atoms with Gasteiger partial charge < -0.3 is 10.2 Å². The van der Waals surface area contributed by atoms with Gasteiger partial charge in [0.15, 0.2) is 5.13 Å². The summed E-state index contributed by atoms with van der Waals surface area (Å²) < 4.78 is 1.98. The number of para-hydroxylation sites is 1. The molecule has 2 heterocycles. The van der Waals surface area contributed by atoms with Crippen LogP contribution in [-0.4, -0.2) is 46.2 Å². The third-order valence-corrected chi connectivity index (χ3v) is 5.66. The number of anilines is 1. The molecule has 1 aromatic carbocycles. The molecule has 6 nitrogen and oxygen atoms in total. The maximum atomic E-state index is 12.2. The normalized spacial score (nSPS) is 12.7. The van der Waals surface area contributed by atoms with E-state index in [1.807, 2.05) is 43.2 Å².